The summed E-state index contributed by atoms with van der Waals surface area (Å²) in [5.41, 5.74) is 0.617. The van der Waals surface area contributed by atoms with Crippen LogP contribution in [0.15, 0.2) is 18.2 Å². The lowest BCUT2D eigenvalue weighted by molar-refractivity contribution is -0.107. The smallest absolute Gasteiger partial charge is 0.127 e. The minimum absolute atomic E-state index is 0.293. The molecule has 0 radical (unpaired) electrons. The van der Waals surface area contributed by atoms with Crippen LogP contribution in [0.3, 0.4) is 0 Å². The van der Waals surface area contributed by atoms with E-state index >= 15 is 0 Å². The van der Waals surface area contributed by atoms with Gasteiger partial charge in [0, 0.05) is 11.4 Å². The molecule has 0 aliphatic rings. The van der Waals surface area contributed by atoms with E-state index in [1.54, 1.807) is 12.1 Å². The molecule has 0 atom stereocenters. The monoisotopic (exact) mass is 200 g/mol. The topological polar surface area (TPSA) is 17.1 Å². The van der Waals surface area contributed by atoms with E-state index in [0.29, 0.717) is 29.8 Å². The number of hydrogen-bond acceptors (Lipinski definition) is 1. The zero-order chi connectivity index (χ0) is 9.68. The van der Waals surface area contributed by atoms with Gasteiger partial charge in [0.2, 0.25) is 0 Å². The Morgan fingerprint density at radius 3 is 2.85 bits per heavy atom. The molecule has 3 heteroatoms. The summed E-state index contributed by atoms with van der Waals surface area (Å²) in [5, 5.41) is 0.400. The molecule has 0 heterocycles. The van der Waals surface area contributed by atoms with Crippen molar-refractivity contribution in [1.29, 1.82) is 0 Å². The van der Waals surface area contributed by atoms with Crippen molar-refractivity contribution < 1.29 is 9.18 Å². The molecule has 0 unspecified atom stereocenters. The summed E-state index contributed by atoms with van der Waals surface area (Å²) in [6.45, 7) is 0. The van der Waals surface area contributed by atoms with Crippen LogP contribution in [0.1, 0.15) is 18.4 Å². The predicted molar refractivity (Wildman–Crippen MR) is 50.4 cm³/mol. The third-order valence-corrected chi connectivity index (χ3v) is 2.02. The third-order valence-electron chi connectivity index (χ3n) is 1.78. The zero-order valence-corrected chi connectivity index (χ0v) is 7.85. The summed E-state index contributed by atoms with van der Waals surface area (Å²) in [5.74, 6) is -0.293. The minimum atomic E-state index is -0.293. The molecular weight excluding hydrogens is 191 g/mol. The molecule has 0 bridgehead atoms. The van der Waals surface area contributed by atoms with Crippen LogP contribution >= 0.6 is 11.6 Å². The van der Waals surface area contributed by atoms with E-state index < -0.39 is 0 Å². The molecular formula is C10H10ClFO. The fourth-order valence-electron chi connectivity index (χ4n) is 1.10. The SMILES string of the molecule is O=CCCCc1ccc(Cl)cc1F. The van der Waals surface area contributed by atoms with Gasteiger partial charge in [0.05, 0.1) is 0 Å². The molecule has 1 nitrogen and oxygen atoms in total. The first-order valence-corrected chi connectivity index (χ1v) is 4.49. The molecule has 0 saturated heterocycles. The van der Waals surface area contributed by atoms with Crippen molar-refractivity contribution in [1.82, 2.24) is 0 Å². The van der Waals surface area contributed by atoms with Gasteiger partial charge in [-0.3, -0.25) is 0 Å². The van der Waals surface area contributed by atoms with E-state index in [0.717, 1.165) is 6.29 Å². The molecule has 0 fully saturated rings. The van der Waals surface area contributed by atoms with Crippen LogP contribution in [0.25, 0.3) is 0 Å². The van der Waals surface area contributed by atoms with Crippen molar-refractivity contribution in [3.05, 3.63) is 34.6 Å². The summed E-state index contributed by atoms with van der Waals surface area (Å²) < 4.78 is 13.1. The number of halogens is 2. The molecule has 0 amide bonds. The van der Waals surface area contributed by atoms with Gasteiger partial charge in [0.1, 0.15) is 12.1 Å². The van der Waals surface area contributed by atoms with Crippen LogP contribution in [0.4, 0.5) is 4.39 Å². The lowest BCUT2D eigenvalue weighted by atomic mass is 10.1. The summed E-state index contributed by atoms with van der Waals surface area (Å²) in [7, 11) is 0. The second-order valence-corrected chi connectivity index (χ2v) is 3.23. The Morgan fingerprint density at radius 2 is 2.23 bits per heavy atom. The molecule has 70 valence electrons. The number of carbonyl (C=O) groups is 1. The highest BCUT2D eigenvalue weighted by atomic mass is 35.5. The van der Waals surface area contributed by atoms with Crippen LogP contribution in [-0.2, 0) is 11.2 Å². The van der Waals surface area contributed by atoms with E-state index in [-0.39, 0.29) is 5.82 Å². The van der Waals surface area contributed by atoms with Crippen LogP contribution < -0.4 is 0 Å². The number of aryl methyl sites for hydroxylation is 1. The van der Waals surface area contributed by atoms with E-state index in [2.05, 4.69) is 0 Å². The number of carbonyl (C=O) groups excluding carboxylic acids is 1. The molecule has 0 saturated carbocycles. The van der Waals surface area contributed by atoms with Crippen molar-refractivity contribution >= 4 is 17.9 Å². The van der Waals surface area contributed by atoms with Gasteiger partial charge in [0.25, 0.3) is 0 Å². The Balaban J connectivity index is 2.61. The number of aldehydes is 1. The van der Waals surface area contributed by atoms with Crippen LogP contribution in [0.2, 0.25) is 5.02 Å². The van der Waals surface area contributed by atoms with Crippen molar-refractivity contribution in [2.45, 2.75) is 19.3 Å². The summed E-state index contributed by atoms with van der Waals surface area (Å²) in [4.78, 5) is 10.0. The highest BCUT2D eigenvalue weighted by Crippen LogP contribution is 2.16. The molecule has 1 rings (SSSR count). The Labute approximate surface area is 81.5 Å². The standard InChI is InChI=1S/C10H10ClFO/c11-9-5-4-8(10(12)7-9)3-1-2-6-13/h4-7H,1-3H2. The highest BCUT2D eigenvalue weighted by Gasteiger charge is 2.01. The average molecular weight is 201 g/mol. The Kier molecular flexibility index (Phi) is 3.90. The second kappa shape index (κ2) is 4.97. The maximum absolute atomic E-state index is 13.1. The second-order valence-electron chi connectivity index (χ2n) is 2.79. The fraction of sp³-hybridized carbons (Fsp3) is 0.300. The molecule has 1 aromatic rings. The largest absolute Gasteiger partial charge is 0.303 e. The van der Waals surface area contributed by atoms with Gasteiger partial charge >= 0.3 is 0 Å². The number of benzene rings is 1. The lowest BCUT2D eigenvalue weighted by Gasteiger charge is -2.01. The van der Waals surface area contributed by atoms with E-state index in [4.69, 9.17) is 11.6 Å². The normalized spacial score (nSPS) is 10.0. The van der Waals surface area contributed by atoms with Gasteiger partial charge in [0.15, 0.2) is 0 Å². The molecule has 13 heavy (non-hydrogen) atoms. The van der Waals surface area contributed by atoms with Crippen molar-refractivity contribution in [3.63, 3.8) is 0 Å². The maximum atomic E-state index is 13.1. The molecule has 0 aromatic heterocycles. The molecule has 0 N–H and O–H groups in total. The first-order valence-electron chi connectivity index (χ1n) is 4.11. The predicted octanol–water partition coefficient (Wildman–Crippen LogP) is 3.00. The Bertz CT molecular complexity index is 299. The highest BCUT2D eigenvalue weighted by molar-refractivity contribution is 6.30. The van der Waals surface area contributed by atoms with Crippen LogP contribution in [-0.4, -0.2) is 6.29 Å². The van der Waals surface area contributed by atoms with Crippen molar-refractivity contribution in [2.75, 3.05) is 0 Å². The quantitative estimate of drug-likeness (QED) is 0.540. The first kappa shape index (κ1) is 10.2. The van der Waals surface area contributed by atoms with E-state index in [1.807, 2.05) is 0 Å². The zero-order valence-electron chi connectivity index (χ0n) is 7.09. The lowest BCUT2D eigenvalue weighted by Crippen LogP contribution is -1.90. The molecule has 0 spiro atoms. The fourth-order valence-corrected chi connectivity index (χ4v) is 1.26. The first-order chi connectivity index (χ1) is 6.24. The molecule has 1 aromatic carbocycles. The molecule has 0 aliphatic carbocycles. The van der Waals surface area contributed by atoms with Crippen LogP contribution in [0, 0.1) is 5.82 Å². The van der Waals surface area contributed by atoms with Gasteiger partial charge in [-0.1, -0.05) is 17.7 Å². The maximum Gasteiger partial charge on any atom is 0.127 e. The summed E-state index contributed by atoms with van der Waals surface area (Å²) in [6.07, 6.45) is 2.58. The third kappa shape index (κ3) is 3.15. The van der Waals surface area contributed by atoms with Gasteiger partial charge in [-0.05, 0) is 30.5 Å². The van der Waals surface area contributed by atoms with E-state index in [9.17, 15) is 9.18 Å². The van der Waals surface area contributed by atoms with Crippen LogP contribution in [0.5, 0.6) is 0 Å². The summed E-state index contributed by atoms with van der Waals surface area (Å²) in [6, 6.07) is 4.60. The Morgan fingerprint density at radius 1 is 1.46 bits per heavy atom. The van der Waals surface area contributed by atoms with Gasteiger partial charge in [-0.25, -0.2) is 4.39 Å². The van der Waals surface area contributed by atoms with Gasteiger partial charge < -0.3 is 4.79 Å². The molecule has 0 aliphatic heterocycles. The summed E-state index contributed by atoms with van der Waals surface area (Å²) >= 11 is 5.58. The number of unbranched alkanes of at least 4 members (excludes halogenated alkanes) is 1. The Hall–Kier alpha value is -0.890. The van der Waals surface area contributed by atoms with Crippen molar-refractivity contribution in [3.8, 4) is 0 Å². The van der Waals surface area contributed by atoms with Gasteiger partial charge in [-0.15, -0.1) is 0 Å². The minimum Gasteiger partial charge on any atom is -0.303 e. The van der Waals surface area contributed by atoms with Crippen molar-refractivity contribution in [2.24, 2.45) is 0 Å². The van der Waals surface area contributed by atoms with Gasteiger partial charge in [-0.2, -0.15) is 0 Å². The average Bonchev–Trinajstić information content (AvgIpc) is 2.09. The van der Waals surface area contributed by atoms with E-state index in [1.165, 1.54) is 6.07 Å². The number of rotatable bonds is 4. The number of hydrogen-bond donors (Lipinski definition) is 0.